The Hall–Kier alpha value is -3.81. The fourth-order valence-electron chi connectivity index (χ4n) is 4.50. The molecule has 0 bridgehead atoms. The lowest BCUT2D eigenvalue weighted by atomic mass is 9.94. The third kappa shape index (κ3) is 4.23. The van der Waals surface area contributed by atoms with Crippen molar-refractivity contribution in [1.29, 1.82) is 0 Å². The third-order valence-corrected chi connectivity index (χ3v) is 6.18. The number of carbonyl (C=O) groups is 1. The molecule has 4 aromatic rings. The first-order chi connectivity index (χ1) is 16.5. The smallest absolute Gasteiger partial charge is 0.291 e. The highest BCUT2D eigenvalue weighted by Crippen LogP contribution is 2.40. The Morgan fingerprint density at radius 2 is 1.76 bits per heavy atom. The fourth-order valence-corrected chi connectivity index (χ4v) is 4.50. The van der Waals surface area contributed by atoms with Crippen LogP contribution in [0.4, 0.5) is 18.9 Å². The molecule has 1 aliphatic rings. The average molecular weight is 465 g/mol. The monoisotopic (exact) mass is 465 g/mol. The van der Waals surface area contributed by atoms with Crippen LogP contribution in [-0.2, 0) is 0 Å². The molecule has 2 heterocycles. The second kappa shape index (κ2) is 9.21. The standard InChI is InChI=1S/C26H22F3N3O2/c27-17-10-8-16(9-11-17)24-25(32(15-30-24)18-5-2-1-3-6-18)19-13-22(21(29)14-20(19)28)31-26(33)23-7-4-12-34-23/h4,7-15,18H,1-3,5-6H2,(H,31,33). The number of nitrogens with one attached hydrogen (secondary N) is 1. The van der Waals surface area contributed by atoms with Crippen LogP contribution in [0.25, 0.3) is 22.5 Å². The highest BCUT2D eigenvalue weighted by Gasteiger charge is 2.26. The molecule has 0 radical (unpaired) electrons. The predicted octanol–water partition coefficient (Wildman–Crippen LogP) is 6.98. The Balaban J connectivity index is 1.63. The largest absolute Gasteiger partial charge is 0.459 e. The van der Waals surface area contributed by atoms with Gasteiger partial charge in [0.25, 0.3) is 5.91 Å². The SMILES string of the molecule is O=C(Nc1cc(-c2c(-c3ccc(F)cc3)ncn2C2CCCCC2)c(F)cc1F)c1ccco1. The Labute approximate surface area is 194 Å². The molecule has 0 atom stereocenters. The first-order valence-corrected chi connectivity index (χ1v) is 11.2. The molecule has 2 aromatic carbocycles. The van der Waals surface area contributed by atoms with Gasteiger partial charge < -0.3 is 14.3 Å². The summed E-state index contributed by atoms with van der Waals surface area (Å²) >= 11 is 0. The van der Waals surface area contributed by atoms with Crippen LogP contribution in [-0.4, -0.2) is 15.5 Å². The topological polar surface area (TPSA) is 60.1 Å². The van der Waals surface area contributed by atoms with Gasteiger partial charge in [0.05, 0.1) is 29.7 Å². The van der Waals surface area contributed by atoms with Crippen molar-refractivity contribution in [1.82, 2.24) is 9.55 Å². The number of amides is 1. The number of hydrogen-bond donors (Lipinski definition) is 1. The van der Waals surface area contributed by atoms with Gasteiger partial charge >= 0.3 is 0 Å². The molecule has 8 heteroatoms. The molecule has 5 nitrogen and oxygen atoms in total. The molecular weight excluding hydrogens is 443 g/mol. The summed E-state index contributed by atoms with van der Waals surface area (Å²) in [5, 5.41) is 2.45. The van der Waals surface area contributed by atoms with E-state index in [4.69, 9.17) is 4.42 Å². The maximum Gasteiger partial charge on any atom is 0.291 e. The van der Waals surface area contributed by atoms with E-state index in [9.17, 15) is 13.6 Å². The summed E-state index contributed by atoms with van der Waals surface area (Å²) in [6.45, 7) is 0. The highest BCUT2D eigenvalue weighted by atomic mass is 19.1. The summed E-state index contributed by atoms with van der Waals surface area (Å²) in [6, 6.07) is 10.9. The number of rotatable bonds is 5. The molecule has 5 rings (SSSR count). The van der Waals surface area contributed by atoms with Gasteiger partial charge in [-0.3, -0.25) is 4.79 Å². The first-order valence-electron chi connectivity index (χ1n) is 11.2. The van der Waals surface area contributed by atoms with Crippen LogP contribution in [0.3, 0.4) is 0 Å². The van der Waals surface area contributed by atoms with Crippen molar-refractivity contribution in [2.45, 2.75) is 38.1 Å². The minimum Gasteiger partial charge on any atom is -0.459 e. The van der Waals surface area contributed by atoms with Crippen molar-refractivity contribution in [2.75, 3.05) is 5.32 Å². The molecule has 0 saturated heterocycles. The van der Waals surface area contributed by atoms with Crippen molar-refractivity contribution >= 4 is 11.6 Å². The molecule has 1 saturated carbocycles. The number of halogens is 3. The van der Waals surface area contributed by atoms with Crippen LogP contribution in [0.1, 0.15) is 48.7 Å². The van der Waals surface area contributed by atoms with E-state index in [2.05, 4.69) is 10.3 Å². The van der Waals surface area contributed by atoms with Crippen molar-refractivity contribution in [2.24, 2.45) is 0 Å². The summed E-state index contributed by atoms with van der Waals surface area (Å²) in [6.07, 6.45) is 8.05. The maximum atomic E-state index is 15.2. The van der Waals surface area contributed by atoms with E-state index in [1.807, 2.05) is 4.57 Å². The van der Waals surface area contributed by atoms with E-state index in [0.29, 0.717) is 17.0 Å². The molecule has 34 heavy (non-hydrogen) atoms. The molecule has 0 spiro atoms. The zero-order valence-electron chi connectivity index (χ0n) is 18.2. The molecule has 1 amide bonds. The number of imidazole rings is 1. The number of carbonyl (C=O) groups excluding carboxylic acids is 1. The van der Waals surface area contributed by atoms with Gasteiger partial charge in [0, 0.05) is 23.2 Å². The summed E-state index contributed by atoms with van der Waals surface area (Å²) < 4.78 is 50.4. The second-order valence-corrected chi connectivity index (χ2v) is 8.39. The molecule has 1 aliphatic carbocycles. The van der Waals surface area contributed by atoms with E-state index >= 15 is 4.39 Å². The summed E-state index contributed by atoms with van der Waals surface area (Å²) in [5.74, 6) is -2.74. The zero-order chi connectivity index (χ0) is 23.7. The van der Waals surface area contributed by atoms with Gasteiger partial charge in [-0.15, -0.1) is 0 Å². The van der Waals surface area contributed by atoms with Crippen molar-refractivity contribution in [3.8, 4) is 22.5 Å². The number of hydrogen-bond acceptors (Lipinski definition) is 3. The number of nitrogens with zero attached hydrogens (tertiary/aromatic N) is 2. The van der Waals surface area contributed by atoms with Crippen LogP contribution >= 0.6 is 0 Å². The molecule has 0 aliphatic heterocycles. The molecule has 0 unspecified atom stereocenters. The maximum absolute atomic E-state index is 15.2. The lowest BCUT2D eigenvalue weighted by molar-refractivity contribution is 0.0996. The van der Waals surface area contributed by atoms with Crippen LogP contribution in [0, 0.1) is 17.5 Å². The van der Waals surface area contributed by atoms with Crippen molar-refractivity contribution in [3.05, 3.63) is 84.3 Å². The fraction of sp³-hybridized carbons (Fsp3) is 0.231. The number of aromatic nitrogens is 2. The van der Waals surface area contributed by atoms with Gasteiger partial charge in [-0.05, 0) is 55.3 Å². The van der Waals surface area contributed by atoms with Gasteiger partial charge in [-0.25, -0.2) is 18.2 Å². The Morgan fingerprint density at radius 3 is 2.47 bits per heavy atom. The van der Waals surface area contributed by atoms with Gasteiger partial charge in [0.15, 0.2) is 5.76 Å². The molecule has 1 N–H and O–H groups in total. The number of benzene rings is 2. The Bertz CT molecular complexity index is 1310. The third-order valence-electron chi connectivity index (χ3n) is 6.18. The normalized spacial score (nSPS) is 14.3. The predicted molar refractivity (Wildman–Crippen MR) is 122 cm³/mol. The van der Waals surface area contributed by atoms with Crippen LogP contribution in [0.2, 0.25) is 0 Å². The van der Waals surface area contributed by atoms with Gasteiger partial charge in [-0.1, -0.05) is 19.3 Å². The first kappa shape index (κ1) is 22.0. The quantitative estimate of drug-likeness (QED) is 0.346. The minimum absolute atomic E-state index is 0.00419. The lowest BCUT2D eigenvalue weighted by Gasteiger charge is -2.25. The summed E-state index contributed by atoms with van der Waals surface area (Å²) in [7, 11) is 0. The van der Waals surface area contributed by atoms with Crippen molar-refractivity contribution < 1.29 is 22.4 Å². The summed E-state index contributed by atoms with van der Waals surface area (Å²) in [5.41, 5.74) is 1.44. The Kier molecular flexibility index (Phi) is 5.96. The van der Waals surface area contributed by atoms with E-state index in [1.54, 1.807) is 24.5 Å². The summed E-state index contributed by atoms with van der Waals surface area (Å²) in [4.78, 5) is 17.0. The van der Waals surface area contributed by atoms with Crippen LogP contribution in [0.5, 0.6) is 0 Å². The van der Waals surface area contributed by atoms with Crippen molar-refractivity contribution in [3.63, 3.8) is 0 Å². The van der Waals surface area contributed by atoms with Gasteiger partial charge in [0.1, 0.15) is 17.5 Å². The zero-order valence-corrected chi connectivity index (χ0v) is 18.2. The van der Waals surface area contributed by atoms with E-state index < -0.39 is 23.4 Å². The lowest BCUT2D eigenvalue weighted by Crippen LogP contribution is -2.15. The van der Waals surface area contributed by atoms with E-state index in [-0.39, 0.29) is 23.1 Å². The van der Waals surface area contributed by atoms with Crippen LogP contribution < -0.4 is 5.32 Å². The van der Waals surface area contributed by atoms with Crippen LogP contribution in [0.15, 0.2) is 65.5 Å². The number of anilines is 1. The van der Waals surface area contributed by atoms with E-state index in [1.165, 1.54) is 30.5 Å². The molecule has 2 aromatic heterocycles. The van der Waals surface area contributed by atoms with E-state index in [0.717, 1.165) is 38.2 Å². The highest BCUT2D eigenvalue weighted by molar-refractivity contribution is 6.02. The number of furan rings is 1. The minimum atomic E-state index is -0.909. The van der Waals surface area contributed by atoms with Gasteiger partial charge in [-0.2, -0.15) is 0 Å². The molecule has 174 valence electrons. The Morgan fingerprint density at radius 1 is 1.00 bits per heavy atom. The second-order valence-electron chi connectivity index (χ2n) is 8.39. The van der Waals surface area contributed by atoms with Gasteiger partial charge in [0.2, 0.25) is 0 Å². The average Bonchev–Trinajstić information content (AvgIpc) is 3.53. The molecular formula is C26H22F3N3O2. The molecule has 1 fully saturated rings.